The van der Waals surface area contributed by atoms with E-state index in [9.17, 15) is 18.0 Å². The molecule has 0 bridgehead atoms. The van der Waals surface area contributed by atoms with Crippen LogP contribution in [0.25, 0.3) is 11.1 Å². The second-order valence-corrected chi connectivity index (χ2v) is 16.0. The van der Waals surface area contributed by atoms with Gasteiger partial charge in [0.2, 0.25) is 21.6 Å². The van der Waals surface area contributed by atoms with Crippen molar-refractivity contribution in [2.45, 2.75) is 119 Å². The molecule has 3 N–H and O–H groups in total. The normalized spacial score (nSPS) is 26.0. The smallest absolute Gasteiger partial charge is 0.259 e. The van der Waals surface area contributed by atoms with Gasteiger partial charge in [-0.1, -0.05) is 24.6 Å². The molecule has 1 heterocycles. The Bertz CT molecular complexity index is 1570. The topological polar surface area (TPSA) is 114 Å². The van der Waals surface area contributed by atoms with Crippen molar-refractivity contribution in [1.82, 2.24) is 15.4 Å². The van der Waals surface area contributed by atoms with Crippen LogP contribution >= 0.6 is 0 Å². The molecule has 2 aromatic rings. The molecule has 3 aliphatic carbocycles. The summed E-state index contributed by atoms with van der Waals surface area (Å²) in [6.07, 6.45) is 7.26. The van der Waals surface area contributed by atoms with Crippen LogP contribution in [0.5, 0.6) is 5.75 Å². The van der Waals surface area contributed by atoms with Gasteiger partial charge in [0.15, 0.2) is 0 Å². The number of carbonyl (C=O) groups excluding carboxylic acids is 2. The zero-order valence-electron chi connectivity index (χ0n) is 26.0. The van der Waals surface area contributed by atoms with E-state index in [1.165, 1.54) is 19.9 Å². The van der Waals surface area contributed by atoms with E-state index in [4.69, 9.17) is 4.74 Å². The minimum Gasteiger partial charge on any atom is -0.490 e. The lowest BCUT2D eigenvalue weighted by Gasteiger charge is -2.38. The molecule has 4 aliphatic rings. The molecule has 6 rings (SSSR count). The van der Waals surface area contributed by atoms with Crippen LogP contribution < -0.4 is 20.1 Å². The van der Waals surface area contributed by atoms with E-state index in [0.29, 0.717) is 47.3 Å². The zero-order chi connectivity index (χ0) is 32.0. The number of alkyl halides is 1. The predicted octanol–water partition coefficient (Wildman–Crippen LogP) is 5.20. The molecule has 0 unspecified atom stereocenters. The van der Waals surface area contributed by atoms with E-state index in [-0.39, 0.29) is 48.8 Å². The van der Waals surface area contributed by atoms with Crippen molar-refractivity contribution in [2.75, 3.05) is 6.54 Å². The maximum absolute atomic E-state index is 15.6. The summed E-state index contributed by atoms with van der Waals surface area (Å²) in [4.78, 5) is 25.7. The lowest BCUT2D eigenvalue weighted by molar-refractivity contribution is -0.133. The molecule has 0 radical (unpaired) electrons. The summed E-state index contributed by atoms with van der Waals surface area (Å²) in [7, 11) is -3.78. The highest BCUT2D eigenvalue weighted by Crippen LogP contribution is 2.46. The van der Waals surface area contributed by atoms with E-state index in [1.807, 2.05) is 6.07 Å². The van der Waals surface area contributed by atoms with Crippen LogP contribution in [0, 0.1) is 5.82 Å². The van der Waals surface area contributed by atoms with Crippen LogP contribution in [0.15, 0.2) is 36.4 Å². The number of halogens is 2. The highest BCUT2D eigenvalue weighted by Gasteiger charge is 2.55. The van der Waals surface area contributed by atoms with E-state index >= 15 is 8.78 Å². The first-order chi connectivity index (χ1) is 21.4. The summed E-state index contributed by atoms with van der Waals surface area (Å²) in [6.45, 7) is 3.03. The Morgan fingerprint density at radius 3 is 2.49 bits per heavy atom. The van der Waals surface area contributed by atoms with Crippen molar-refractivity contribution in [3.05, 3.63) is 53.3 Å². The van der Waals surface area contributed by atoms with Crippen LogP contribution in [0.4, 0.5) is 8.78 Å². The Kier molecular flexibility index (Phi) is 8.71. The number of benzene rings is 2. The van der Waals surface area contributed by atoms with Gasteiger partial charge in [-0.2, -0.15) is 0 Å². The summed E-state index contributed by atoms with van der Waals surface area (Å²) in [5, 5.41) is 5.43. The molecule has 0 aromatic heterocycles. The van der Waals surface area contributed by atoms with Gasteiger partial charge in [0, 0.05) is 36.5 Å². The number of hydrogen-bond donors (Lipinski definition) is 3. The summed E-state index contributed by atoms with van der Waals surface area (Å²) in [5.41, 5.74) is 0.375. The third kappa shape index (κ3) is 6.61. The van der Waals surface area contributed by atoms with Gasteiger partial charge in [0.1, 0.15) is 17.7 Å². The van der Waals surface area contributed by atoms with Crippen molar-refractivity contribution in [3.63, 3.8) is 0 Å². The van der Waals surface area contributed by atoms with Crippen LogP contribution in [0.3, 0.4) is 0 Å². The first-order valence-corrected chi connectivity index (χ1v) is 17.8. The maximum atomic E-state index is 15.6. The second kappa shape index (κ2) is 12.3. The monoisotopic (exact) mass is 643 g/mol. The third-order valence-electron chi connectivity index (χ3n) is 10.2. The summed E-state index contributed by atoms with van der Waals surface area (Å²) >= 11 is 0. The molecule has 1 saturated heterocycles. The molecular formula is C34H43F2N3O5S. The molecule has 3 atom stereocenters. The maximum Gasteiger partial charge on any atom is 0.259 e. The van der Waals surface area contributed by atoms with Crippen LogP contribution in [-0.4, -0.2) is 55.4 Å². The van der Waals surface area contributed by atoms with Gasteiger partial charge < -0.3 is 15.4 Å². The zero-order valence-corrected chi connectivity index (χ0v) is 26.8. The minimum absolute atomic E-state index is 0.0412. The summed E-state index contributed by atoms with van der Waals surface area (Å²) in [6, 6.07) is 9.99. The number of sulfonamides is 1. The first-order valence-electron chi connectivity index (χ1n) is 16.2. The fourth-order valence-corrected chi connectivity index (χ4v) is 7.79. The Labute approximate surface area is 264 Å². The van der Waals surface area contributed by atoms with E-state index in [0.717, 1.165) is 38.5 Å². The van der Waals surface area contributed by atoms with E-state index in [2.05, 4.69) is 15.4 Å². The second-order valence-electron chi connectivity index (χ2n) is 13.8. The Balaban J connectivity index is 1.20. The average Bonchev–Trinajstić information content (AvgIpc) is 3.54. The molecule has 3 saturated carbocycles. The van der Waals surface area contributed by atoms with Crippen molar-refractivity contribution < 1.29 is 31.5 Å². The van der Waals surface area contributed by atoms with Crippen molar-refractivity contribution in [2.24, 2.45) is 0 Å². The number of hydrogen-bond acceptors (Lipinski definition) is 6. The van der Waals surface area contributed by atoms with E-state index < -0.39 is 32.8 Å². The van der Waals surface area contributed by atoms with Gasteiger partial charge >= 0.3 is 0 Å². The lowest BCUT2D eigenvalue weighted by atomic mass is 9.74. The van der Waals surface area contributed by atoms with Crippen LogP contribution in [0.2, 0.25) is 0 Å². The molecule has 1 aliphatic heterocycles. The number of nitrogens with one attached hydrogen (secondary N) is 3. The lowest BCUT2D eigenvalue weighted by Crippen LogP contribution is -2.49. The summed E-state index contributed by atoms with van der Waals surface area (Å²) < 4.78 is 64.0. The van der Waals surface area contributed by atoms with E-state index in [1.54, 1.807) is 24.3 Å². The van der Waals surface area contributed by atoms with Gasteiger partial charge in [-0.25, -0.2) is 17.2 Å². The molecule has 2 aromatic carbocycles. The van der Waals surface area contributed by atoms with Gasteiger partial charge in [-0.05, 0) is 99.6 Å². The number of rotatable bonds is 10. The highest BCUT2D eigenvalue weighted by atomic mass is 32.2. The van der Waals surface area contributed by atoms with Crippen molar-refractivity contribution in [1.29, 1.82) is 0 Å². The van der Waals surface area contributed by atoms with Crippen LogP contribution in [0.1, 0.15) is 95.1 Å². The Morgan fingerprint density at radius 1 is 1.07 bits per heavy atom. The van der Waals surface area contributed by atoms with Gasteiger partial charge in [-0.15, -0.1) is 0 Å². The molecule has 4 fully saturated rings. The predicted molar refractivity (Wildman–Crippen MR) is 168 cm³/mol. The molecule has 45 heavy (non-hydrogen) atoms. The Hall–Kier alpha value is -3.05. The largest absolute Gasteiger partial charge is 0.490 e. The molecule has 8 nitrogen and oxygen atoms in total. The molecule has 2 amide bonds. The standard InChI is InChI=1S/C34H43F2N3O5S/c1-21(2)45(42,43)39-30(40)17-22-10-13-29(27(16-22)26-8-4-9-28(35)31(26)23-6-3-7-23)44-25-12-11-24(18-25)38-32(41)34(36)19-33(37-20-34)14-5-15-33/h4,8-10,13,16,21,23-25,37H,3,5-7,11-12,14-15,17-20H2,1-2H3,(H,38,41)(H,39,40)/t24-,25-,34-/m1/s1. The third-order valence-corrected chi connectivity index (χ3v) is 12.0. The molecule has 11 heteroatoms. The van der Waals surface area contributed by atoms with Crippen molar-refractivity contribution in [3.8, 4) is 16.9 Å². The fourth-order valence-electron chi connectivity index (χ4n) is 7.16. The fraction of sp³-hybridized carbons (Fsp3) is 0.588. The number of amides is 2. The van der Waals surface area contributed by atoms with Crippen molar-refractivity contribution >= 4 is 21.8 Å². The SMILES string of the molecule is CC(C)S(=O)(=O)NC(=O)Cc1ccc(O[C@@H]2CC[C@@H](NC(=O)[C@]3(F)CNC4(CCC4)C3)C2)c(-c2cccc(F)c2C2CCC2)c1. The Morgan fingerprint density at radius 2 is 1.84 bits per heavy atom. The van der Waals surface area contributed by atoms with Gasteiger partial charge in [0.05, 0.1) is 11.7 Å². The number of ether oxygens (including phenoxy) is 1. The molecule has 244 valence electrons. The molecular weight excluding hydrogens is 600 g/mol. The molecule has 1 spiro atoms. The average molecular weight is 644 g/mol. The van der Waals surface area contributed by atoms with Gasteiger partial charge in [-0.3, -0.25) is 14.3 Å². The first kappa shape index (κ1) is 31.9. The number of carbonyl (C=O) groups is 2. The summed E-state index contributed by atoms with van der Waals surface area (Å²) in [5.74, 6) is -0.894. The van der Waals surface area contributed by atoms with Gasteiger partial charge in [0.25, 0.3) is 5.91 Å². The van der Waals surface area contributed by atoms with Crippen LogP contribution in [-0.2, 0) is 26.0 Å². The highest BCUT2D eigenvalue weighted by molar-refractivity contribution is 7.90. The quantitative estimate of drug-likeness (QED) is 0.328. The minimum atomic E-state index is -3.78.